The van der Waals surface area contributed by atoms with Crippen molar-refractivity contribution in [3.8, 4) is 5.75 Å². The largest absolute Gasteiger partial charge is 0.484 e. The molecule has 1 amide bonds. The lowest BCUT2D eigenvalue weighted by molar-refractivity contribution is -0.138. The lowest BCUT2D eigenvalue weighted by Crippen LogP contribution is -2.44. The van der Waals surface area contributed by atoms with Crippen LogP contribution in [0.25, 0.3) is 0 Å². The van der Waals surface area contributed by atoms with E-state index in [9.17, 15) is 18.0 Å². The van der Waals surface area contributed by atoms with E-state index in [1.165, 1.54) is 12.1 Å². The maximum absolute atomic E-state index is 12.5. The zero-order valence-electron chi connectivity index (χ0n) is 12.6. The molecular formula is C16H19F3N2O2. The van der Waals surface area contributed by atoms with Crippen LogP contribution in [0.3, 0.4) is 0 Å². The van der Waals surface area contributed by atoms with Crippen LogP contribution in [0.15, 0.2) is 24.3 Å². The van der Waals surface area contributed by atoms with Gasteiger partial charge in [0.2, 0.25) is 0 Å². The highest BCUT2D eigenvalue weighted by Crippen LogP contribution is 2.31. The zero-order chi connectivity index (χ0) is 16.4. The van der Waals surface area contributed by atoms with E-state index in [-0.39, 0.29) is 30.3 Å². The molecule has 2 fully saturated rings. The second kappa shape index (κ2) is 6.39. The summed E-state index contributed by atoms with van der Waals surface area (Å²) >= 11 is 0. The van der Waals surface area contributed by atoms with Gasteiger partial charge in [0.1, 0.15) is 5.75 Å². The molecular weight excluding hydrogens is 309 g/mol. The van der Waals surface area contributed by atoms with Crippen molar-refractivity contribution in [1.29, 1.82) is 0 Å². The molecule has 7 heteroatoms. The number of carbonyl (C=O) groups excluding carboxylic acids is 1. The molecule has 1 aromatic carbocycles. The molecule has 2 aliphatic rings. The number of hydrogen-bond donors (Lipinski definition) is 1. The van der Waals surface area contributed by atoms with Crippen LogP contribution in [0.1, 0.15) is 24.8 Å². The minimum Gasteiger partial charge on any atom is -0.484 e. The van der Waals surface area contributed by atoms with E-state index in [1.54, 1.807) is 0 Å². The minimum absolute atomic E-state index is 0.0962. The van der Waals surface area contributed by atoms with Gasteiger partial charge in [0.05, 0.1) is 5.56 Å². The first kappa shape index (κ1) is 16.1. The Morgan fingerprint density at radius 3 is 2.57 bits per heavy atom. The van der Waals surface area contributed by atoms with Gasteiger partial charge in [-0.25, -0.2) is 0 Å². The molecule has 23 heavy (non-hydrogen) atoms. The number of nitrogens with one attached hydrogen (secondary N) is 1. The van der Waals surface area contributed by atoms with Crippen LogP contribution in [0.5, 0.6) is 5.75 Å². The van der Waals surface area contributed by atoms with Crippen LogP contribution in [-0.4, -0.2) is 42.6 Å². The third kappa shape index (κ3) is 3.60. The number of nitrogens with zero attached hydrogens (tertiary/aromatic N) is 1. The van der Waals surface area contributed by atoms with E-state index in [0.717, 1.165) is 44.5 Å². The Labute approximate surface area is 132 Å². The fraction of sp³-hybridized carbons (Fsp3) is 0.562. The van der Waals surface area contributed by atoms with Crippen molar-refractivity contribution < 1.29 is 22.7 Å². The predicted molar refractivity (Wildman–Crippen MR) is 78.1 cm³/mol. The smallest absolute Gasteiger partial charge is 0.416 e. The number of benzene rings is 1. The van der Waals surface area contributed by atoms with Gasteiger partial charge in [-0.05, 0) is 50.1 Å². The number of halogens is 3. The molecule has 0 radical (unpaired) electrons. The van der Waals surface area contributed by atoms with Crippen molar-refractivity contribution in [1.82, 2.24) is 10.2 Å². The molecule has 2 bridgehead atoms. The van der Waals surface area contributed by atoms with E-state index in [4.69, 9.17) is 4.74 Å². The highest BCUT2D eigenvalue weighted by atomic mass is 19.4. The molecule has 0 aromatic heterocycles. The molecule has 2 atom stereocenters. The highest BCUT2D eigenvalue weighted by Gasteiger charge is 2.38. The number of alkyl halides is 3. The quantitative estimate of drug-likeness (QED) is 0.927. The fourth-order valence-corrected chi connectivity index (χ4v) is 3.35. The monoisotopic (exact) mass is 328 g/mol. The summed E-state index contributed by atoms with van der Waals surface area (Å²) in [4.78, 5) is 14.3. The molecule has 0 spiro atoms. The van der Waals surface area contributed by atoms with Gasteiger partial charge in [-0.3, -0.25) is 4.79 Å². The Morgan fingerprint density at radius 1 is 1.17 bits per heavy atom. The summed E-state index contributed by atoms with van der Waals surface area (Å²) in [7, 11) is 0. The number of amides is 1. The summed E-state index contributed by atoms with van der Waals surface area (Å²) in [6.07, 6.45) is -1.43. The van der Waals surface area contributed by atoms with Crippen LogP contribution in [-0.2, 0) is 11.0 Å². The average Bonchev–Trinajstić information content (AvgIpc) is 2.77. The summed E-state index contributed by atoms with van der Waals surface area (Å²) < 4.78 is 42.9. The normalized spacial score (nSPS) is 24.4. The van der Waals surface area contributed by atoms with E-state index in [1.807, 2.05) is 4.90 Å². The average molecular weight is 328 g/mol. The Balaban J connectivity index is 1.58. The number of hydrogen-bond acceptors (Lipinski definition) is 3. The van der Waals surface area contributed by atoms with Crippen molar-refractivity contribution in [3.05, 3.63) is 29.8 Å². The molecule has 0 aliphatic carbocycles. The summed E-state index contributed by atoms with van der Waals surface area (Å²) in [6, 6.07) is 4.85. The van der Waals surface area contributed by atoms with Crippen molar-refractivity contribution in [3.63, 3.8) is 0 Å². The summed E-state index contributed by atoms with van der Waals surface area (Å²) in [6.45, 7) is 1.56. The van der Waals surface area contributed by atoms with Gasteiger partial charge >= 0.3 is 6.18 Å². The summed E-state index contributed by atoms with van der Waals surface area (Å²) in [5, 5.41) is 3.32. The molecule has 0 saturated carbocycles. The number of carbonyl (C=O) groups is 1. The number of rotatable bonds is 3. The number of fused-ring (bicyclic) bond motifs is 2. The Bertz CT molecular complexity index is 545. The van der Waals surface area contributed by atoms with Gasteiger partial charge in [0.25, 0.3) is 5.91 Å². The van der Waals surface area contributed by atoms with Gasteiger partial charge in [0.15, 0.2) is 6.61 Å². The van der Waals surface area contributed by atoms with Crippen molar-refractivity contribution >= 4 is 5.91 Å². The number of ether oxygens (including phenoxy) is 1. The Kier molecular flexibility index (Phi) is 4.48. The topological polar surface area (TPSA) is 41.6 Å². The summed E-state index contributed by atoms with van der Waals surface area (Å²) in [5.74, 6) is 0.174. The third-order valence-electron chi connectivity index (χ3n) is 4.49. The first-order valence-corrected chi connectivity index (χ1v) is 7.77. The summed E-state index contributed by atoms with van der Waals surface area (Å²) in [5.41, 5.74) is -0.729. The van der Waals surface area contributed by atoms with Gasteiger partial charge < -0.3 is 15.0 Å². The standard InChI is InChI=1S/C16H19F3N2O2/c17-16(18,19)11-1-5-14(6-2-11)23-10-15(22)21-12-3-4-13(21)9-20-8-7-12/h1-2,5-6,12-13,20H,3-4,7-10H2. The highest BCUT2D eigenvalue weighted by molar-refractivity contribution is 5.79. The molecule has 2 saturated heterocycles. The Morgan fingerprint density at radius 2 is 1.87 bits per heavy atom. The predicted octanol–water partition coefficient (Wildman–Crippen LogP) is 2.44. The van der Waals surface area contributed by atoms with Gasteiger partial charge in [0, 0.05) is 18.6 Å². The molecule has 1 aromatic rings. The Hall–Kier alpha value is -1.76. The van der Waals surface area contributed by atoms with Gasteiger partial charge in [-0.2, -0.15) is 13.2 Å². The van der Waals surface area contributed by atoms with Crippen molar-refractivity contribution in [2.75, 3.05) is 19.7 Å². The van der Waals surface area contributed by atoms with Crippen LogP contribution in [0.4, 0.5) is 13.2 Å². The van der Waals surface area contributed by atoms with E-state index in [0.29, 0.717) is 0 Å². The fourth-order valence-electron chi connectivity index (χ4n) is 3.35. The molecule has 2 unspecified atom stereocenters. The molecule has 4 nitrogen and oxygen atoms in total. The van der Waals surface area contributed by atoms with Crippen molar-refractivity contribution in [2.24, 2.45) is 0 Å². The first-order chi connectivity index (χ1) is 10.9. The second-order valence-electron chi connectivity index (χ2n) is 5.99. The first-order valence-electron chi connectivity index (χ1n) is 7.77. The zero-order valence-corrected chi connectivity index (χ0v) is 12.6. The van der Waals surface area contributed by atoms with Crippen LogP contribution >= 0.6 is 0 Å². The van der Waals surface area contributed by atoms with Crippen LogP contribution < -0.4 is 10.1 Å². The maximum Gasteiger partial charge on any atom is 0.416 e. The molecule has 3 rings (SSSR count). The molecule has 1 N–H and O–H groups in total. The van der Waals surface area contributed by atoms with Crippen molar-refractivity contribution in [2.45, 2.75) is 37.5 Å². The lowest BCUT2D eigenvalue weighted by atomic mass is 10.1. The maximum atomic E-state index is 12.5. The third-order valence-corrected chi connectivity index (χ3v) is 4.49. The lowest BCUT2D eigenvalue weighted by Gasteiger charge is -2.27. The van der Waals surface area contributed by atoms with E-state index < -0.39 is 11.7 Å². The second-order valence-corrected chi connectivity index (χ2v) is 5.99. The van der Waals surface area contributed by atoms with Gasteiger partial charge in [-0.1, -0.05) is 0 Å². The minimum atomic E-state index is -4.37. The van der Waals surface area contributed by atoms with E-state index in [2.05, 4.69) is 5.32 Å². The van der Waals surface area contributed by atoms with Gasteiger partial charge in [-0.15, -0.1) is 0 Å². The molecule has 2 heterocycles. The van der Waals surface area contributed by atoms with E-state index >= 15 is 0 Å². The molecule has 2 aliphatic heterocycles. The molecule has 126 valence electrons. The SMILES string of the molecule is O=C(COc1ccc(C(F)(F)F)cc1)N1C2CCNCC1CC2. The van der Waals surface area contributed by atoms with Crippen LogP contribution in [0.2, 0.25) is 0 Å². The van der Waals surface area contributed by atoms with Crippen LogP contribution in [0, 0.1) is 0 Å².